The van der Waals surface area contributed by atoms with E-state index in [2.05, 4.69) is 0 Å². The van der Waals surface area contributed by atoms with E-state index in [-0.39, 0.29) is 81.2 Å². The normalized spacial score (nSPS) is 8.29. The Hall–Kier alpha value is 2.44. The molecular weight excluding hydrogens is 206 g/mol. The Morgan fingerprint density at radius 1 is 1.14 bits per heavy atom. The number of hydrogen-bond acceptors (Lipinski definition) is 2. The predicted octanol–water partition coefficient (Wildman–Crippen LogP) is -4.03. The van der Waals surface area contributed by atoms with Crippen LogP contribution in [0.15, 0.2) is 0 Å². The standard InChI is InChI=1S/Mg.H2O4S.Rb/c;1-5(2,3)4;/h;(H2,1,2,3,4);/q+2;;+1. The second-order valence-electron chi connectivity index (χ2n) is 0.448. The van der Waals surface area contributed by atoms with Gasteiger partial charge in [-0.3, -0.25) is 9.11 Å². The third-order valence-electron chi connectivity index (χ3n) is 0. The van der Waals surface area contributed by atoms with E-state index in [9.17, 15) is 0 Å². The van der Waals surface area contributed by atoms with Gasteiger partial charge in [0.05, 0.1) is 0 Å². The SMILES string of the molecule is O=S(=O)(O)O.[Mg+2].[Rb+]. The molecule has 32 valence electrons. The summed E-state index contributed by atoms with van der Waals surface area (Å²) in [6.07, 6.45) is 0. The molecule has 0 aromatic heterocycles. The van der Waals surface area contributed by atoms with Crippen molar-refractivity contribution in [1.82, 2.24) is 0 Å². The molecule has 0 amide bonds. The fourth-order valence-corrected chi connectivity index (χ4v) is 0. The molecule has 7 heteroatoms. The van der Waals surface area contributed by atoms with Crippen LogP contribution in [0.1, 0.15) is 0 Å². The molecule has 0 aliphatic heterocycles. The summed E-state index contributed by atoms with van der Waals surface area (Å²) in [5, 5.41) is 0. The van der Waals surface area contributed by atoms with Gasteiger partial charge in [0.15, 0.2) is 0 Å². The molecule has 0 aliphatic rings. The Morgan fingerprint density at radius 3 is 1.14 bits per heavy atom. The Morgan fingerprint density at radius 2 is 1.14 bits per heavy atom. The quantitative estimate of drug-likeness (QED) is 0.314. The number of rotatable bonds is 0. The molecule has 0 rings (SSSR count). The van der Waals surface area contributed by atoms with Gasteiger partial charge in [-0.15, -0.1) is 0 Å². The molecule has 0 bridgehead atoms. The van der Waals surface area contributed by atoms with Crippen LogP contribution in [0.4, 0.5) is 0 Å². The van der Waals surface area contributed by atoms with Crippen LogP contribution in [0.2, 0.25) is 0 Å². The Bertz CT molecular complexity index is 94.9. The third kappa shape index (κ3) is 58.8. The molecule has 0 heterocycles. The van der Waals surface area contributed by atoms with Crippen molar-refractivity contribution in [2.75, 3.05) is 0 Å². The van der Waals surface area contributed by atoms with Gasteiger partial charge < -0.3 is 0 Å². The van der Waals surface area contributed by atoms with E-state index in [1.807, 2.05) is 0 Å². The van der Waals surface area contributed by atoms with Gasteiger partial charge in [0.25, 0.3) is 0 Å². The van der Waals surface area contributed by atoms with E-state index in [1.165, 1.54) is 0 Å². The average molecular weight is 208 g/mol. The summed E-state index contributed by atoms with van der Waals surface area (Å²) in [4.78, 5) is 0. The van der Waals surface area contributed by atoms with Crippen molar-refractivity contribution in [2.45, 2.75) is 0 Å². The van der Waals surface area contributed by atoms with E-state index in [0.717, 1.165) is 0 Å². The first-order valence-electron chi connectivity index (χ1n) is 0.698. The van der Waals surface area contributed by atoms with Crippen molar-refractivity contribution in [3.8, 4) is 0 Å². The zero-order valence-electron chi connectivity index (χ0n) is 3.83. The Balaban J connectivity index is -0.0000000800. The smallest absolute Gasteiger partial charge is 0.264 e. The third-order valence-corrected chi connectivity index (χ3v) is 0. The zero-order chi connectivity index (χ0) is 4.50. The fraction of sp³-hybridized carbons (Fsp3) is 0. The minimum Gasteiger partial charge on any atom is -0.264 e. The van der Waals surface area contributed by atoms with Crippen molar-refractivity contribution in [3.05, 3.63) is 0 Å². The zero-order valence-corrected chi connectivity index (χ0v) is 11.0. The Kier molecular flexibility index (Phi) is 15.2. The van der Waals surface area contributed by atoms with E-state index in [0.29, 0.717) is 0 Å². The van der Waals surface area contributed by atoms with Crippen molar-refractivity contribution in [3.63, 3.8) is 0 Å². The molecule has 0 unspecified atom stereocenters. The maximum absolute atomic E-state index is 8.74. The molecule has 0 fully saturated rings. The van der Waals surface area contributed by atoms with Crippen LogP contribution in [0, 0.1) is 0 Å². The second kappa shape index (κ2) is 6.56. The molecule has 0 saturated heterocycles. The van der Waals surface area contributed by atoms with Crippen LogP contribution in [0.5, 0.6) is 0 Å². The molecule has 2 N–H and O–H groups in total. The first-order valence-corrected chi connectivity index (χ1v) is 2.10. The van der Waals surface area contributed by atoms with E-state index >= 15 is 0 Å². The molecule has 0 spiro atoms. The summed E-state index contributed by atoms with van der Waals surface area (Å²) in [6.45, 7) is 0. The van der Waals surface area contributed by atoms with E-state index < -0.39 is 10.4 Å². The van der Waals surface area contributed by atoms with Crippen LogP contribution >= 0.6 is 0 Å². The summed E-state index contributed by atoms with van der Waals surface area (Å²) >= 11 is 0. The first-order chi connectivity index (χ1) is 2.00. The van der Waals surface area contributed by atoms with Gasteiger partial charge in [-0.1, -0.05) is 0 Å². The van der Waals surface area contributed by atoms with Crippen LogP contribution in [-0.4, -0.2) is 40.6 Å². The largest absolute Gasteiger partial charge is 2.00 e. The minimum absolute atomic E-state index is 0. The topological polar surface area (TPSA) is 74.6 Å². The summed E-state index contributed by atoms with van der Waals surface area (Å²) in [5.41, 5.74) is 0. The van der Waals surface area contributed by atoms with Gasteiger partial charge in [0.1, 0.15) is 0 Å². The van der Waals surface area contributed by atoms with Gasteiger partial charge in [0, 0.05) is 0 Å². The maximum atomic E-state index is 8.74. The summed E-state index contributed by atoms with van der Waals surface area (Å²) in [6, 6.07) is 0. The molecule has 4 nitrogen and oxygen atoms in total. The van der Waals surface area contributed by atoms with Gasteiger partial charge in [-0.2, -0.15) is 8.42 Å². The summed E-state index contributed by atoms with van der Waals surface area (Å²) in [7, 11) is -4.67. The molecule has 0 saturated carbocycles. The molecule has 7 heavy (non-hydrogen) atoms. The maximum Gasteiger partial charge on any atom is 2.00 e. The monoisotopic (exact) mass is 207 g/mol. The average Bonchev–Trinajstić information content (AvgIpc) is 0.722. The predicted molar refractivity (Wildman–Crippen MR) is 19.9 cm³/mol. The van der Waals surface area contributed by atoms with Crippen LogP contribution in [-0.2, 0) is 10.4 Å². The molecule has 0 aromatic carbocycles. The second-order valence-corrected chi connectivity index (χ2v) is 1.34. The van der Waals surface area contributed by atoms with Crippen LogP contribution in [0.25, 0.3) is 0 Å². The van der Waals surface area contributed by atoms with E-state index in [4.69, 9.17) is 17.5 Å². The Labute approximate surface area is 107 Å². The summed E-state index contributed by atoms with van der Waals surface area (Å²) < 4.78 is 31.6. The van der Waals surface area contributed by atoms with Gasteiger partial charge >= 0.3 is 91.6 Å². The molecular formula is H2MgO4RbS+3. The van der Waals surface area contributed by atoms with E-state index in [1.54, 1.807) is 0 Å². The van der Waals surface area contributed by atoms with Crippen molar-refractivity contribution < 1.29 is 75.7 Å². The van der Waals surface area contributed by atoms with Crippen molar-refractivity contribution >= 4 is 33.5 Å². The van der Waals surface area contributed by atoms with Gasteiger partial charge in [-0.25, -0.2) is 0 Å². The van der Waals surface area contributed by atoms with Gasteiger partial charge in [-0.05, 0) is 0 Å². The molecule has 0 atom stereocenters. The van der Waals surface area contributed by atoms with Crippen molar-refractivity contribution in [1.29, 1.82) is 0 Å². The van der Waals surface area contributed by atoms with Crippen LogP contribution in [0.3, 0.4) is 0 Å². The molecule has 0 aromatic rings. The number of hydrogen-bond donors (Lipinski definition) is 2. The first kappa shape index (κ1) is 16.2. The van der Waals surface area contributed by atoms with Crippen molar-refractivity contribution in [2.24, 2.45) is 0 Å². The summed E-state index contributed by atoms with van der Waals surface area (Å²) in [5.74, 6) is 0. The molecule has 0 radical (unpaired) electrons. The van der Waals surface area contributed by atoms with Gasteiger partial charge in [0.2, 0.25) is 0 Å². The van der Waals surface area contributed by atoms with Crippen LogP contribution < -0.4 is 58.2 Å². The molecule has 0 aliphatic carbocycles. The fourth-order valence-electron chi connectivity index (χ4n) is 0. The minimum atomic E-state index is -4.67.